The van der Waals surface area contributed by atoms with E-state index in [-0.39, 0.29) is 31.7 Å². The van der Waals surface area contributed by atoms with Crippen LogP contribution in [0.1, 0.15) is 29.5 Å². The Balaban J connectivity index is 1.91. The Morgan fingerprint density at radius 2 is 1.45 bits per heavy atom. The maximum absolute atomic E-state index is 13.6. The minimum atomic E-state index is -5.10. The summed E-state index contributed by atoms with van der Waals surface area (Å²) in [6, 6.07) is 3.79. The molecule has 1 aliphatic heterocycles. The molecule has 1 heterocycles. The minimum absolute atomic E-state index is 0.0372. The fraction of sp³-hybridized carbons (Fsp3) is 0.400. The highest BCUT2D eigenvalue weighted by molar-refractivity contribution is 5.92. The molecule has 218 valence electrons. The number of anilines is 1. The molecule has 0 bridgehead atoms. The Morgan fingerprint density at radius 3 is 1.95 bits per heavy atom. The van der Waals surface area contributed by atoms with E-state index in [9.17, 15) is 45.1 Å². The largest absolute Gasteiger partial charge is 0.416 e. The predicted octanol–water partition coefficient (Wildman–Crippen LogP) is 4.62. The summed E-state index contributed by atoms with van der Waals surface area (Å²) < 4.78 is 93.6. The maximum Gasteiger partial charge on any atom is 0.416 e. The third-order valence-electron chi connectivity index (χ3n) is 6.50. The van der Waals surface area contributed by atoms with Crippen LogP contribution in [-0.2, 0) is 17.1 Å². The Hall–Kier alpha value is -4.04. The number of hydrogen-bond donors (Lipinski definition) is 2. The minimum Gasteiger partial charge on any atom is -0.339 e. The molecule has 2 atom stereocenters. The van der Waals surface area contributed by atoms with Crippen molar-refractivity contribution in [2.75, 3.05) is 38.8 Å². The number of nitrogens with one attached hydrogen (secondary N) is 2. The molecule has 0 unspecified atom stereocenters. The molecule has 2 N–H and O–H groups in total. The standard InChI is InChI=1S/C25H26F7N5O3/c1-14(38)33-13-34-22(39)37-11-20(15-4-6-18(26)7-5-15)21(12-37)36(3)23(40)35(2)19-9-16(24(27,28)29)8-17(10-19)25(30,31)32/h4-10,20-21H,11-13H2,1-3H3,(H,33,38)(H,34,39)/t20-,21+/m0/s1. The van der Waals surface area contributed by atoms with Crippen LogP contribution in [-0.4, -0.2) is 67.7 Å². The van der Waals surface area contributed by atoms with E-state index >= 15 is 0 Å². The number of carbonyl (C=O) groups excluding carboxylic acids is 3. The molecule has 3 rings (SSSR count). The fourth-order valence-corrected chi connectivity index (χ4v) is 4.36. The first kappa shape index (κ1) is 30.5. The summed E-state index contributed by atoms with van der Waals surface area (Å²) >= 11 is 0. The summed E-state index contributed by atoms with van der Waals surface area (Å²) in [5.41, 5.74) is -3.25. The van der Waals surface area contributed by atoms with Crippen molar-refractivity contribution < 1.29 is 45.1 Å². The molecular weight excluding hydrogens is 551 g/mol. The molecule has 0 aromatic heterocycles. The second kappa shape index (κ2) is 11.6. The Kier molecular flexibility index (Phi) is 8.84. The van der Waals surface area contributed by atoms with Crippen molar-refractivity contribution in [1.82, 2.24) is 20.4 Å². The van der Waals surface area contributed by atoms with E-state index in [4.69, 9.17) is 0 Å². The van der Waals surface area contributed by atoms with Gasteiger partial charge in [0, 0.05) is 45.7 Å². The summed E-state index contributed by atoms with van der Waals surface area (Å²) in [6.45, 7) is 1.05. The van der Waals surface area contributed by atoms with E-state index in [1.54, 1.807) is 0 Å². The average molecular weight is 578 g/mol. The van der Waals surface area contributed by atoms with Gasteiger partial charge in [-0.05, 0) is 35.9 Å². The highest BCUT2D eigenvalue weighted by Crippen LogP contribution is 2.39. The van der Waals surface area contributed by atoms with Crippen LogP contribution >= 0.6 is 0 Å². The molecule has 2 aromatic rings. The molecule has 2 aromatic carbocycles. The van der Waals surface area contributed by atoms with Crippen molar-refractivity contribution in [3.63, 3.8) is 0 Å². The van der Waals surface area contributed by atoms with Gasteiger partial charge in [0.25, 0.3) is 0 Å². The monoisotopic (exact) mass is 577 g/mol. The van der Waals surface area contributed by atoms with Crippen LogP contribution in [0.5, 0.6) is 0 Å². The van der Waals surface area contributed by atoms with E-state index in [0.717, 1.165) is 11.9 Å². The van der Waals surface area contributed by atoms with Crippen molar-refractivity contribution in [1.29, 1.82) is 0 Å². The van der Waals surface area contributed by atoms with Gasteiger partial charge in [-0.1, -0.05) is 12.1 Å². The predicted molar refractivity (Wildman–Crippen MR) is 130 cm³/mol. The van der Waals surface area contributed by atoms with E-state index in [1.165, 1.54) is 43.1 Å². The number of urea groups is 2. The van der Waals surface area contributed by atoms with Gasteiger partial charge < -0.3 is 20.4 Å². The number of nitrogens with zero attached hydrogens (tertiary/aromatic N) is 3. The molecule has 0 radical (unpaired) electrons. The van der Waals surface area contributed by atoms with Gasteiger partial charge in [0.05, 0.1) is 23.8 Å². The van der Waals surface area contributed by atoms with Gasteiger partial charge in [0.1, 0.15) is 5.82 Å². The van der Waals surface area contributed by atoms with Crippen LogP contribution in [0.2, 0.25) is 0 Å². The number of likely N-dealkylation sites (N-methyl/N-ethyl adjacent to an activating group) is 1. The second-order valence-corrected chi connectivity index (χ2v) is 9.24. The van der Waals surface area contributed by atoms with Crippen LogP contribution in [0.3, 0.4) is 0 Å². The molecule has 0 aliphatic carbocycles. The summed E-state index contributed by atoms with van der Waals surface area (Å²) in [5.74, 6) is -1.50. The summed E-state index contributed by atoms with van der Waals surface area (Å²) in [4.78, 5) is 40.2. The lowest BCUT2D eigenvalue weighted by atomic mass is 9.93. The second-order valence-electron chi connectivity index (χ2n) is 9.24. The first-order valence-electron chi connectivity index (χ1n) is 11.8. The molecule has 8 nitrogen and oxygen atoms in total. The number of carbonyl (C=O) groups is 3. The smallest absolute Gasteiger partial charge is 0.339 e. The van der Waals surface area contributed by atoms with E-state index in [1.807, 2.05) is 0 Å². The molecule has 40 heavy (non-hydrogen) atoms. The van der Waals surface area contributed by atoms with Gasteiger partial charge >= 0.3 is 24.4 Å². The topological polar surface area (TPSA) is 85.0 Å². The SMILES string of the molecule is CC(=O)NCNC(=O)N1C[C@@H](N(C)C(=O)N(C)c2cc(C(F)(F)F)cc(C(F)(F)F)c2)[C@H](c2ccc(F)cc2)C1. The lowest BCUT2D eigenvalue weighted by Gasteiger charge is -2.33. The van der Waals surface area contributed by atoms with Crippen LogP contribution in [0.25, 0.3) is 0 Å². The lowest BCUT2D eigenvalue weighted by molar-refractivity contribution is -0.143. The molecular formula is C25H26F7N5O3. The zero-order chi connectivity index (χ0) is 30.0. The van der Waals surface area contributed by atoms with Crippen LogP contribution < -0.4 is 15.5 Å². The molecule has 1 aliphatic rings. The highest BCUT2D eigenvalue weighted by atomic mass is 19.4. The third kappa shape index (κ3) is 7.12. The van der Waals surface area contributed by atoms with E-state index in [2.05, 4.69) is 10.6 Å². The van der Waals surface area contributed by atoms with Gasteiger partial charge in [-0.25, -0.2) is 14.0 Å². The maximum atomic E-state index is 13.6. The highest BCUT2D eigenvalue weighted by Gasteiger charge is 2.42. The lowest BCUT2D eigenvalue weighted by Crippen LogP contribution is -2.48. The van der Waals surface area contributed by atoms with E-state index in [0.29, 0.717) is 22.6 Å². The molecule has 1 saturated heterocycles. The number of amides is 5. The van der Waals surface area contributed by atoms with Gasteiger partial charge in [-0.2, -0.15) is 26.3 Å². The normalized spacial score (nSPS) is 17.4. The average Bonchev–Trinajstić information content (AvgIpc) is 3.32. The van der Waals surface area contributed by atoms with Crippen LogP contribution in [0.15, 0.2) is 42.5 Å². The fourth-order valence-electron chi connectivity index (χ4n) is 4.36. The third-order valence-corrected chi connectivity index (χ3v) is 6.50. The number of halogens is 7. The summed E-state index contributed by atoms with van der Waals surface area (Å²) in [6.07, 6.45) is -10.2. The van der Waals surface area contributed by atoms with Gasteiger partial charge in [-0.3, -0.25) is 9.69 Å². The number of rotatable bonds is 5. The summed E-state index contributed by atoms with van der Waals surface area (Å²) in [7, 11) is 2.34. The van der Waals surface area contributed by atoms with Crippen LogP contribution in [0.4, 0.5) is 46.0 Å². The van der Waals surface area contributed by atoms with Crippen molar-refractivity contribution in [3.8, 4) is 0 Å². The zero-order valence-corrected chi connectivity index (χ0v) is 21.5. The molecule has 15 heteroatoms. The van der Waals surface area contributed by atoms with Gasteiger partial charge in [-0.15, -0.1) is 0 Å². The molecule has 5 amide bonds. The molecule has 0 saturated carbocycles. The Bertz CT molecular complexity index is 1220. The van der Waals surface area contributed by atoms with Crippen molar-refractivity contribution in [3.05, 3.63) is 65.0 Å². The molecule has 1 fully saturated rings. The van der Waals surface area contributed by atoms with Crippen LogP contribution in [0, 0.1) is 5.82 Å². The molecule has 0 spiro atoms. The number of likely N-dealkylation sites (tertiary alicyclic amines) is 1. The first-order chi connectivity index (χ1) is 18.5. The Morgan fingerprint density at radius 1 is 0.900 bits per heavy atom. The zero-order valence-electron chi connectivity index (χ0n) is 21.5. The summed E-state index contributed by atoms with van der Waals surface area (Å²) in [5, 5.41) is 4.88. The Labute approximate surface area is 224 Å². The number of alkyl halides is 6. The first-order valence-corrected chi connectivity index (χ1v) is 11.8. The number of benzene rings is 2. The van der Waals surface area contributed by atoms with Crippen molar-refractivity contribution >= 4 is 23.7 Å². The number of hydrogen-bond acceptors (Lipinski definition) is 3. The van der Waals surface area contributed by atoms with Gasteiger partial charge in [0.2, 0.25) is 5.91 Å². The quantitative estimate of drug-likeness (QED) is 0.402. The van der Waals surface area contributed by atoms with E-state index < -0.39 is 59.0 Å². The van der Waals surface area contributed by atoms with Crippen molar-refractivity contribution in [2.24, 2.45) is 0 Å². The van der Waals surface area contributed by atoms with Crippen molar-refractivity contribution in [2.45, 2.75) is 31.2 Å². The van der Waals surface area contributed by atoms with Gasteiger partial charge in [0.15, 0.2) is 0 Å².